The number of esters is 1. The van der Waals surface area contributed by atoms with Gasteiger partial charge in [0.25, 0.3) is 0 Å². The second-order valence-corrected chi connectivity index (χ2v) is 6.92. The number of hydrogen-bond donors (Lipinski definition) is 1. The molecule has 162 valence electrons. The molecule has 3 aromatic rings. The van der Waals surface area contributed by atoms with Gasteiger partial charge < -0.3 is 23.5 Å². The smallest absolute Gasteiger partial charge is 0.321 e. The predicted molar refractivity (Wildman–Crippen MR) is 113 cm³/mol. The summed E-state index contributed by atoms with van der Waals surface area (Å²) in [5.41, 5.74) is 2.08. The van der Waals surface area contributed by atoms with Gasteiger partial charge in [0.2, 0.25) is 17.6 Å². The van der Waals surface area contributed by atoms with E-state index < -0.39 is 23.8 Å². The summed E-state index contributed by atoms with van der Waals surface area (Å²) in [4.78, 5) is 30.4. The standard InChI is InChI=1S/C22H23N3O6/c1-5-31-21(27)17-18(12-10-15(28-2)19(30-4)16(11-12)29-3)25-14-9-7-6-8-13(14)23-22(25)24-20(17)26/h6-11,17-18H,5H2,1-4H3,(H,23,24,26)/t17-,18-/m0/s1. The highest BCUT2D eigenvalue weighted by molar-refractivity contribution is 6.07. The van der Waals surface area contributed by atoms with Gasteiger partial charge in [0.15, 0.2) is 17.4 Å². The van der Waals surface area contributed by atoms with Gasteiger partial charge in [-0.15, -0.1) is 0 Å². The Morgan fingerprint density at radius 3 is 2.39 bits per heavy atom. The molecule has 0 spiro atoms. The minimum atomic E-state index is -1.13. The normalized spacial score (nSPS) is 17.6. The number of rotatable bonds is 6. The number of nitrogens with zero attached hydrogens (tertiary/aromatic N) is 2. The van der Waals surface area contributed by atoms with Crippen molar-refractivity contribution in [3.8, 4) is 17.2 Å². The maximum Gasteiger partial charge on any atom is 0.321 e. The van der Waals surface area contributed by atoms with Gasteiger partial charge in [-0.3, -0.25) is 14.9 Å². The summed E-state index contributed by atoms with van der Waals surface area (Å²) < 4.78 is 23.5. The summed E-state index contributed by atoms with van der Waals surface area (Å²) in [6, 6.07) is 10.2. The van der Waals surface area contributed by atoms with Gasteiger partial charge in [-0.05, 0) is 36.8 Å². The number of nitrogens with one attached hydrogen (secondary N) is 1. The highest BCUT2D eigenvalue weighted by Crippen LogP contribution is 2.45. The second kappa shape index (κ2) is 8.17. The molecule has 4 rings (SSSR count). The molecule has 31 heavy (non-hydrogen) atoms. The van der Waals surface area contributed by atoms with Crippen LogP contribution in [0.3, 0.4) is 0 Å². The zero-order chi connectivity index (χ0) is 22.1. The number of imidazole rings is 1. The Morgan fingerprint density at radius 2 is 1.77 bits per heavy atom. The first-order valence-electron chi connectivity index (χ1n) is 9.78. The molecule has 0 unspecified atom stereocenters. The first kappa shape index (κ1) is 20.5. The largest absolute Gasteiger partial charge is 0.493 e. The van der Waals surface area contributed by atoms with Crippen LogP contribution in [0, 0.1) is 5.92 Å². The number of anilines is 1. The summed E-state index contributed by atoms with van der Waals surface area (Å²) in [5, 5.41) is 2.74. The molecule has 2 atom stereocenters. The molecule has 0 saturated heterocycles. The number of aromatic nitrogens is 2. The van der Waals surface area contributed by atoms with Crippen molar-refractivity contribution in [2.45, 2.75) is 13.0 Å². The fraction of sp³-hybridized carbons (Fsp3) is 0.318. The summed E-state index contributed by atoms with van der Waals surface area (Å²) in [6.45, 7) is 1.85. The van der Waals surface area contributed by atoms with E-state index in [9.17, 15) is 9.59 Å². The van der Waals surface area contributed by atoms with Crippen molar-refractivity contribution in [1.82, 2.24) is 9.55 Å². The van der Waals surface area contributed by atoms with Crippen molar-refractivity contribution in [3.05, 3.63) is 42.0 Å². The summed E-state index contributed by atoms with van der Waals surface area (Å²) in [7, 11) is 4.53. The van der Waals surface area contributed by atoms with Crippen molar-refractivity contribution in [2.75, 3.05) is 33.3 Å². The van der Waals surface area contributed by atoms with Crippen LogP contribution >= 0.6 is 0 Å². The van der Waals surface area contributed by atoms with Crippen LogP contribution < -0.4 is 19.5 Å². The third-order valence-corrected chi connectivity index (χ3v) is 5.28. The second-order valence-electron chi connectivity index (χ2n) is 6.92. The van der Waals surface area contributed by atoms with Crippen LogP contribution in [0.5, 0.6) is 17.2 Å². The lowest BCUT2D eigenvalue weighted by atomic mass is 9.89. The number of ether oxygens (including phenoxy) is 4. The molecule has 0 saturated carbocycles. The number of hydrogen-bond acceptors (Lipinski definition) is 7. The zero-order valence-electron chi connectivity index (χ0n) is 17.7. The quantitative estimate of drug-likeness (QED) is 0.479. The Morgan fingerprint density at radius 1 is 1.10 bits per heavy atom. The van der Waals surface area contributed by atoms with Gasteiger partial charge in [0, 0.05) is 0 Å². The van der Waals surface area contributed by atoms with E-state index in [0.717, 1.165) is 5.52 Å². The Balaban J connectivity index is 2.00. The number of carbonyl (C=O) groups is 2. The molecule has 0 aliphatic carbocycles. The minimum absolute atomic E-state index is 0.155. The topological polar surface area (TPSA) is 101 Å². The molecule has 0 radical (unpaired) electrons. The fourth-order valence-corrected chi connectivity index (χ4v) is 3.98. The van der Waals surface area contributed by atoms with E-state index in [0.29, 0.717) is 34.3 Å². The van der Waals surface area contributed by atoms with Gasteiger partial charge in [0.1, 0.15) is 0 Å². The third kappa shape index (κ3) is 3.31. The number of benzene rings is 2. The summed E-state index contributed by atoms with van der Waals surface area (Å²) in [5.74, 6) is -0.647. The van der Waals surface area contributed by atoms with E-state index in [1.54, 1.807) is 19.1 Å². The van der Waals surface area contributed by atoms with Crippen LogP contribution in [-0.2, 0) is 14.3 Å². The Labute approximate surface area is 178 Å². The molecule has 1 aliphatic rings. The molecular formula is C22H23N3O6. The lowest BCUT2D eigenvalue weighted by molar-refractivity contribution is -0.152. The van der Waals surface area contributed by atoms with E-state index in [1.165, 1.54) is 21.3 Å². The third-order valence-electron chi connectivity index (χ3n) is 5.28. The van der Waals surface area contributed by atoms with E-state index in [4.69, 9.17) is 18.9 Å². The van der Waals surface area contributed by atoms with Crippen LogP contribution in [-0.4, -0.2) is 49.4 Å². The van der Waals surface area contributed by atoms with Crippen molar-refractivity contribution >= 4 is 28.9 Å². The van der Waals surface area contributed by atoms with Crippen molar-refractivity contribution in [2.24, 2.45) is 5.92 Å². The van der Waals surface area contributed by atoms with Crippen LogP contribution in [0.2, 0.25) is 0 Å². The lowest BCUT2D eigenvalue weighted by Gasteiger charge is -2.32. The van der Waals surface area contributed by atoms with Crippen LogP contribution in [0.15, 0.2) is 36.4 Å². The average molecular weight is 425 g/mol. The molecule has 1 N–H and O–H groups in total. The maximum absolute atomic E-state index is 13.0. The zero-order valence-corrected chi connectivity index (χ0v) is 17.7. The Bertz CT molecular complexity index is 1130. The maximum atomic E-state index is 13.0. The van der Waals surface area contributed by atoms with Gasteiger partial charge in [-0.25, -0.2) is 4.98 Å². The van der Waals surface area contributed by atoms with E-state index in [-0.39, 0.29) is 6.61 Å². The fourth-order valence-electron chi connectivity index (χ4n) is 3.98. The molecule has 1 amide bonds. The van der Waals surface area contributed by atoms with Gasteiger partial charge in [-0.1, -0.05) is 12.1 Å². The molecule has 9 nitrogen and oxygen atoms in total. The number of fused-ring (bicyclic) bond motifs is 3. The highest BCUT2D eigenvalue weighted by Gasteiger charge is 2.44. The highest BCUT2D eigenvalue weighted by atomic mass is 16.5. The van der Waals surface area contributed by atoms with Crippen molar-refractivity contribution in [1.29, 1.82) is 0 Å². The van der Waals surface area contributed by atoms with Crippen LogP contribution in [0.1, 0.15) is 18.5 Å². The van der Waals surface area contributed by atoms with Crippen LogP contribution in [0.25, 0.3) is 11.0 Å². The molecule has 0 fully saturated rings. The molecule has 1 aliphatic heterocycles. The average Bonchev–Trinajstić information content (AvgIpc) is 3.14. The molecule has 2 heterocycles. The minimum Gasteiger partial charge on any atom is -0.493 e. The SMILES string of the molecule is CCOC(=O)[C@@H]1C(=O)Nc2nc3ccccc3n2[C@H]1c1cc(OC)c(OC)c(OC)c1. The van der Waals surface area contributed by atoms with Crippen molar-refractivity contribution in [3.63, 3.8) is 0 Å². The lowest BCUT2D eigenvalue weighted by Crippen LogP contribution is -2.43. The monoisotopic (exact) mass is 425 g/mol. The first-order valence-corrected chi connectivity index (χ1v) is 9.78. The van der Waals surface area contributed by atoms with Crippen LogP contribution in [0.4, 0.5) is 5.95 Å². The number of para-hydroxylation sites is 2. The van der Waals surface area contributed by atoms with Gasteiger partial charge >= 0.3 is 5.97 Å². The van der Waals surface area contributed by atoms with Gasteiger partial charge in [-0.2, -0.15) is 0 Å². The first-order chi connectivity index (χ1) is 15.0. The molecular weight excluding hydrogens is 402 g/mol. The van der Waals surface area contributed by atoms with E-state index >= 15 is 0 Å². The Hall–Kier alpha value is -3.75. The van der Waals surface area contributed by atoms with Crippen molar-refractivity contribution < 1.29 is 28.5 Å². The summed E-state index contributed by atoms with van der Waals surface area (Å²) in [6.07, 6.45) is 0. The molecule has 0 bridgehead atoms. The van der Waals surface area contributed by atoms with Gasteiger partial charge in [0.05, 0.1) is 45.0 Å². The summed E-state index contributed by atoms with van der Waals surface area (Å²) >= 11 is 0. The molecule has 9 heteroatoms. The number of amides is 1. The molecule has 1 aromatic heterocycles. The van der Waals surface area contributed by atoms with E-state index in [2.05, 4.69) is 10.3 Å². The Kier molecular flexibility index (Phi) is 5.41. The van der Waals surface area contributed by atoms with E-state index in [1.807, 2.05) is 28.8 Å². The molecule has 2 aromatic carbocycles. The number of carbonyl (C=O) groups excluding carboxylic acids is 2. The predicted octanol–water partition coefficient (Wildman–Crippen LogP) is 2.78. The number of methoxy groups -OCH3 is 3.